The third kappa shape index (κ3) is 2.30. The SMILES string of the molecule is Cc1ccc2cc(-c3ccccc3C(C)N)ccc2n1. The zero-order chi connectivity index (χ0) is 14.1. The Kier molecular flexibility index (Phi) is 3.25. The number of aryl methyl sites for hydroxylation is 1. The molecule has 0 aliphatic heterocycles. The molecule has 2 N–H and O–H groups in total. The van der Waals surface area contributed by atoms with Gasteiger partial charge in [-0.05, 0) is 48.7 Å². The minimum atomic E-state index is 0.0260. The Balaban J connectivity index is 2.18. The standard InChI is InChI=1S/C18H18N2/c1-12-7-8-15-11-14(9-10-18(15)20-12)17-6-4-3-5-16(17)13(2)19/h3-11,13H,19H2,1-2H3. The number of nitrogens with zero attached hydrogens (tertiary/aromatic N) is 1. The lowest BCUT2D eigenvalue weighted by atomic mass is 9.95. The van der Waals surface area contributed by atoms with Crippen molar-refractivity contribution in [1.29, 1.82) is 0 Å². The summed E-state index contributed by atoms with van der Waals surface area (Å²) in [5, 5.41) is 1.16. The molecule has 0 saturated carbocycles. The van der Waals surface area contributed by atoms with Crippen molar-refractivity contribution in [3.63, 3.8) is 0 Å². The lowest BCUT2D eigenvalue weighted by Crippen LogP contribution is -2.06. The fraction of sp³-hybridized carbons (Fsp3) is 0.167. The third-order valence-electron chi connectivity index (χ3n) is 3.59. The Labute approximate surface area is 119 Å². The molecule has 2 aromatic carbocycles. The summed E-state index contributed by atoms with van der Waals surface area (Å²) in [5.41, 5.74) is 11.7. The number of nitrogens with two attached hydrogens (primary N) is 1. The molecule has 0 aliphatic rings. The Morgan fingerprint density at radius 3 is 2.60 bits per heavy atom. The maximum Gasteiger partial charge on any atom is 0.0705 e. The van der Waals surface area contributed by atoms with E-state index in [2.05, 4.69) is 47.4 Å². The molecule has 0 fully saturated rings. The van der Waals surface area contributed by atoms with Gasteiger partial charge in [0, 0.05) is 17.1 Å². The van der Waals surface area contributed by atoms with Crippen molar-refractivity contribution < 1.29 is 0 Å². The Morgan fingerprint density at radius 2 is 1.80 bits per heavy atom. The van der Waals surface area contributed by atoms with E-state index < -0.39 is 0 Å². The van der Waals surface area contributed by atoms with E-state index >= 15 is 0 Å². The normalized spacial score (nSPS) is 12.6. The number of hydrogen-bond acceptors (Lipinski definition) is 2. The molecule has 2 nitrogen and oxygen atoms in total. The van der Waals surface area contributed by atoms with Crippen LogP contribution in [0.1, 0.15) is 24.2 Å². The molecule has 0 saturated heterocycles. The molecule has 1 unspecified atom stereocenters. The number of aromatic nitrogens is 1. The second kappa shape index (κ2) is 5.06. The molecular weight excluding hydrogens is 244 g/mol. The van der Waals surface area contributed by atoms with Gasteiger partial charge in [0.1, 0.15) is 0 Å². The largest absolute Gasteiger partial charge is 0.324 e. The summed E-state index contributed by atoms with van der Waals surface area (Å²) < 4.78 is 0. The van der Waals surface area contributed by atoms with Gasteiger partial charge in [0.25, 0.3) is 0 Å². The minimum Gasteiger partial charge on any atom is -0.324 e. The van der Waals surface area contributed by atoms with E-state index in [-0.39, 0.29) is 6.04 Å². The molecule has 0 bridgehead atoms. The second-order valence-electron chi connectivity index (χ2n) is 5.24. The summed E-state index contributed by atoms with van der Waals surface area (Å²) in [6.45, 7) is 4.03. The van der Waals surface area contributed by atoms with Crippen LogP contribution < -0.4 is 5.73 Å². The van der Waals surface area contributed by atoms with E-state index in [1.54, 1.807) is 0 Å². The van der Waals surface area contributed by atoms with Crippen molar-refractivity contribution in [3.05, 3.63) is 65.9 Å². The lowest BCUT2D eigenvalue weighted by Gasteiger charge is -2.13. The smallest absolute Gasteiger partial charge is 0.0705 e. The Bertz CT molecular complexity index is 760. The summed E-state index contributed by atoms with van der Waals surface area (Å²) in [6, 6.07) is 18.9. The Morgan fingerprint density at radius 1 is 1.00 bits per heavy atom. The predicted molar refractivity (Wildman–Crippen MR) is 84.5 cm³/mol. The number of benzene rings is 2. The van der Waals surface area contributed by atoms with Gasteiger partial charge in [-0.2, -0.15) is 0 Å². The monoisotopic (exact) mass is 262 g/mol. The highest BCUT2D eigenvalue weighted by Crippen LogP contribution is 2.29. The molecule has 0 amide bonds. The predicted octanol–water partition coefficient (Wildman–Crippen LogP) is 4.23. The quantitative estimate of drug-likeness (QED) is 0.750. The molecule has 0 aliphatic carbocycles. The van der Waals surface area contributed by atoms with Gasteiger partial charge in [-0.3, -0.25) is 4.98 Å². The van der Waals surface area contributed by atoms with Crippen LogP contribution in [0.25, 0.3) is 22.0 Å². The molecule has 100 valence electrons. The number of fused-ring (bicyclic) bond motifs is 1. The minimum absolute atomic E-state index is 0.0260. The zero-order valence-corrected chi connectivity index (χ0v) is 11.8. The highest BCUT2D eigenvalue weighted by molar-refractivity contribution is 5.85. The van der Waals surface area contributed by atoms with Crippen molar-refractivity contribution in [2.75, 3.05) is 0 Å². The number of rotatable bonds is 2. The average Bonchev–Trinajstić information content (AvgIpc) is 2.46. The van der Waals surface area contributed by atoms with E-state index in [1.165, 1.54) is 16.7 Å². The molecule has 20 heavy (non-hydrogen) atoms. The van der Waals surface area contributed by atoms with Crippen LogP contribution in [0.15, 0.2) is 54.6 Å². The van der Waals surface area contributed by atoms with Crippen LogP contribution in [0.4, 0.5) is 0 Å². The van der Waals surface area contributed by atoms with Crippen molar-refractivity contribution in [3.8, 4) is 11.1 Å². The fourth-order valence-electron chi connectivity index (χ4n) is 2.55. The van der Waals surface area contributed by atoms with Crippen molar-refractivity contribution in [2.24, 2.45) is 5.73 Å². The number of pyridine rings is 1. The van der Waals surface area contributed by atoms with Crippen molar-refractivity contribution in [1.82, 2.24) is 4.98 Å². The molecule has 1 atom stereocenters. The summed E-state index contributed by atoms with van der Waals surface area (Å²) in [6.07, 6.45) is 0. The van der Waals surface area contributed by atoms with Crippen LogP contribution in [0.2, 0.25) is 0 Å². The number of hydrogen-bond donors (Lipinski definition) is 1. The van der Waals surface area contributed by atoms with Crippen LogP contribution in [-0.2, 0) is 0 Å². The van der Waals surface area contributed by atoms with Gasteiger partial charge in [0.15, 0.2) is 0 Å². The molecule has 0 spiro atoms. The molecule has 2 heteroatoms. The second-order valence-corrected chi connectivity index (χ2v) is 5.24. The highest BCUT2D eigenvalue weighted by Gasteiger charge is 2.08. The topological polar surface area (TPSA) is 38.9 Å². The first kappa shape index (κ1) is 12.8. The van der Waals surface area contributed by atoms with Gasteiger partial charge >= 0.3 is 0 Å². The van der Waals surface area contributed by atoms with Crippen LogP contribution in [0.5, 0.6) is 0 Å². The van der Waals surface area contributed by atoms with Gasteiger partial charge in [-0.1, -0.05) is 36.4 Å². The van der Waals surface area contributed by atoms with E-state index in [0.717, 1.165) is 16.6 Å². The van der Waals surface area contributed by atoms with Crippen molar-refractivity contribution >= 4 is 10.9 Å². The van der Waals surface area contributed by atoms with E-state index in [0.29, 0.717) is 0 Å². The van der Waals surface area contributed by atoms with Gasteiger partial charge in [0.05, 0.1) is 5.52 Å². The molecule has 1 aromatic heterocycles. The van der Waals surface area contributed by atoms with Crippen molar-refractivity contribution in [2.45, 2.75) is 19.9 Å². The molecular formula is C18H18N2. The third-order valence-corrected chi connectivity index (χ3v) is 3.59. The van der Waals surface area contributed by atoms with Gasteiger partial charge < -0.3 is 5.73 Å². The van der Waals surface area contributed by atoms with E-state index in [1.807, 2.05) is 26.0 Å². The Hall–Kier alpha value is -2.19. The lowest BCUT2D eigenvalue weighted by molar-refractivity contribution is 0.820. The van der Waals surface area contributed by atoms with Crippen LogP contribution >= 0.6 is 0 Å². The summed E-state index contributed by atoms with van der Waals surface area (Å²) in [7, 11) is 0. The van der Waals surface area contributed by atoms with E-state index in [4.69, 9.17) is 5.73 Å². The maximum absolute atomic E-state index is 6.07. The van der Waals surface area contributed by atoms with Gasteiger partial charge in [0.2, 0.25) is 0 Å². The first-order chi connectivity index (χ1) is 9.65. The van der Waals surface area contributed by atoms with E-state index in [9.17, 15) is 0 Å². The average molecular weight is 262 g/mol. The highest BCUT2D eigenvalue weighted by atomic mass is 14.7. The maximum atomic E-state index is 6.07. The molecule has 3 aromatic rings. The van der Waals surface area contributed by atoms with Gasteiger partial charge in [-0.15, -0.1) is 0 Å². The fourth-order valence-corrected chi connectivity index (χ4v) is 2.55. The molecule has 1 heterocycles. The van der Waals surface area contributed by atoms with Gasteiger partial charge in [-0.25, -0.2) is 0 Å². The first-order valence-corrected chi connectivity index (χ1v) is 6.87. The summed E-state index contributed by atoms with van der Waals surface area (Å²) >= 11 is 0. The molecule has 3 rings (SSSR count). The summed E-state index contributed by atoms with van der Waals surface area (Å²) in [4.78, 5) is 4.54. The zero-order valence-electron chi connectivity index (χ0n) is 11.8. The van der Waals surface area contributed by atoms with Crippen LogP contribution in [-0.4, -0.2) is 4.98 Å². The van der Waals surface area contributed by atoms with Crippen LogP contribution in [0, 0.1) is 6.92 Å². The molecule has 0 radical (unpaired) electrons. The van der Waals surface area contributed by atoms with Crippen LogP contribution in [0.3, 0.4) is 0 Å². The first-order valence-electron chi connectivity index (χ1n) is 6.87. The summed E-state index contributed by atoms with van der Waals surface area (Å²) in [5.74, 6) is 0.